The van der Waals surface area contributed by atoms with Crippen LogP contribution in [0.1, 0.15) is 13.3 Å². The van der Waals surface area contributed by atoms with Gasteiger partial charge in [0, 0.05) is 4.47 Å². The molecular weight excluding hydrogens is 353 g/mol. The van der Waals surface area contributed by atoms with Crippen molar-refractivity contribution < 1.29 is 13.9 Å². The van der Waals surface area contributed by atoms with Gasteiger partial charge in [0.15, 0.2) is 11.6 Å². The predicted molar refractivity (Wildman–Crippen MR) is 74.8 cm³/mol. The number of aromatic nitrogens is 3. The summed E-state index contributed by atoms with van der Waals surface area (Å²) in [6.45, 7) is 2.38. The Morgan fingerprint density at radius 3 is 2.75 bits per heavy atom. The Morgan fingerprint density at radius 2 is 2.00 bits per heavy atom. The SMILES string of the molecule is CCCOc1nc(Cl)nc(Oc2cc(Br)ccc2F)n1. The summed E-state index contributed by atoms with van der Waals surface area (Å²) in [5, 5.41) is -0.0866. The van der Waals surface area contributed by atoms with Gasteiger partial charge in [0.25, 0.3) is 0 Å². The van der Waals surface area contributed by atoms with Crippen LogP contribution in [0.15, 0.2) is 22.7 Å². The van der Waals surface area contributed by atoms with Crippen molar-refractivity contribution in [3.8, 4) is 17.8 Å². The summed E-state index contributed by atoms with van der Waals surface area (Å²) in [4.78, 5) is 11.5. The highest BCUT2D eigenvalue weighted by Gasteiger charge is 2.11. The molecule has 0 amide bonds. The standard InChI is InChI=1S/C12H10BrClFN3O2/c1-2-5-19-11-16-10(14)17-12(18-11)20-9-6-7(13)3-4-8(9)15/h3-4,6H,2,5H2,1H3. The highest BCUT2D eigenvalue weighted by Crippen LogP contribution is 2.26. The van der Waals surface area contributed by atoms with Gasteiger partial charge >= 0.3 is 12.0 Å². The van der Waals surface area contributed by atoms with Gasteiger partial charge in [0.05, 0.1) is 6.61 Å². The Bertz CT molecular complexity index is 615. The van der Waals surface area contributed by atoms with Gasteiger partial charge in [-0.3, -0.25) is 0 Å². The third-order valence-corrected chi connectivity index (χ3v) is 2.76. The molecule has 0 radical (unpaired) electrons. The van der Waals surface area contributed by atoms with Crippen molar-refractivity contribution in [2.45, 2.75) is 13.3 Å². The van der Waals surface area contributed by atoms with Crippen LogP contribution in [0.2, 0.25) is 5.28 Å². The highest BCUT2D eigenvalue weighted by molar-refractivity contribution is 9.10. The van der Waals surface area contributed by atoms with E-state index >= 15 is 0 Å². The van der Waals surface area contributed by atoms with Gasteiger partial charge in [0.2, 0.25) is 5.28 Å². The van der Waals surface area contributed by atoms with Crippen LogP contribution in [0.5, 0.6) is 17.8 Å². The van der Waals surface area contributed by atoms with Crippen LogP contribution in [0.4, 0.5) is 4.39 Å². The molecule has 1 heterocycles. The Morgan fingerprint density at radius 1 is 1.25 bits per heavy atom. The van der Waals surface area contributed by atoms with Gasteiger partial charge in [-0.05, 0) is 36.2 Å². The maximum atomic E-state index is 13.6. The van der Waals surface area contributed by atoms with Crippen LogP contribution in [0.3, 0.4) is 0 Å². The fraction of sp³-hybridized carbons (Fsp3) is 0.250. The number of hydrogen-bond donors (Lipinski definition) is 0. The van der Waals surface area contributed by atoms with Gasteiger partial charge in [-0.2, -0.15) is 9.97 Å². The van der Waals surface area contributed by atoms with Gasteiger partial charge < -0.3 is 9.47 Å². The van der Waals surface area contributed by atoms with Crippen LogP contribution >= 0.6 is 27.5 Å². The summed E-state index contributed by atoms with van der Waals surface area (Å²) < 4.78 is 24.7. The zero-order valence-electron chi connectivity index (χ0n) is 10.4. The maximum Gasteiger partial charge on any atom is 0.329 e. The number of rotatable bonds is 5. The zero-order valence-corrected chi connectivity index (χ0v) is 12.8. The number of nitrogens with zero attached hydrogens (tertiary/aromatic N) is 3. The van der Waals surface area contributed by atoms with E-state index in [9.17, 15) is 4.39 Å². The summed E-state index contributed by atoms with van der Waals surface area (Å²) in [6.07, 6.45) is 0.791. The van der Waals surface area contributed by atoms with E-state index < -0.39 is 5.82 Å². The maximum absolute atomic E-state index is 13.6. The lowest BCUT2D eigenvalue weighted by Crippen LogP contribution is -2.03. The van der Waals surface area contributed by atoms with E-state index in [4.69, 9.17) is 21.1 Å². The van der Waals surface area contributed by atoms with Crippen LogP contribution < -0.4 is 9.47 Å². The first kappa shape index (κ1) is 14.9. The molecule has 0 aliphatic heterocycles. The molecule has 0 aliphatic rings. The molecule has 0 fully saturated rings. The molecule has 1 aromatic heterocycles. The van der Waals surface area contributed by atoms with Crippen molar-refractivity contribution >= 4 is 27.5 Å². The summed E-state index contributed by atoms with van der Waals surface area (Å²) in [7, 11) is 0. The first-order chi connectivity index (χ1) is 9.58. The average molecular weight is 363 g/mol. The Hall–Kier alpha value is -1.47. The summed E-state index contributed by atoms with van der Waals surface area (Å²) in [5.74, 6) is -0.566. The molecule has 20 heavy (non-hydrogen) atoms. The first-order valence-electron chi connectivity index (χ1n) is 5.75. The topological polar surface area (TPSA) is 57.1 Å². The van der Waals surface area contributed by atoms with Gasteiger partial charge in [-0.25, -0.2) is 4.39 Å². The molecule has 0 bridgehead atoms. The number of ether oxygens (including phenoxy) is 2. The van der Waals surface area contributed by atoms with E-state index in [1.54, 1.807) is 6.07 Å². The van der Waals surface area contributed by atoms with Crippen LogP contribution in [0.25, 0.3) is 0 Å². The minimum Gasteiger partial charge on any atom is -0.463 e. The van der Waals surface area contributed by atoms with Crippen molar-refractivity contribution in [1.29, 1.82) is 0 Å². The second-order valence-corrected chi connectivity index (χ2v) is 4.95. The Balaban J connectivity index is 2.24. The quantitative estimate of drug-likeness (QED) is 0.804. The van der Waals surface area contributed by atoms with Gasteiger partial charge in [0.1, 0.15) is 0 Å². The molecule has 5 nitrogen and oxygen atoms in total. The molecule has 0 atom stereocenters. The molecule has 0 spiro atoms. The summed E-state index contributed by atoms with van der Waals surface area (Å²) in [6, 6.07) is 4.18. The Labute approximate surface area is 128 Å². The van der Waals surface area contributed by atoms with Crippen molar-refractivity contribution in [1.82, 2.24) is 15.0 Å². The van der Waals surface area contributed by atoms with Crippen molar-refractivity contribution in [3.63, 3.8) is 0 Å². The molecule has 1 aromatic carbocycles. The summed E-state index contributed by atoms with van der Waals surface area (Å²) in [5.41, 5.74) is 0. The number of benzene rings is 1. The number of hydrogen-bond acceptors (Lipinski definition) is 5. The highest BCUT2D eigenvalue weighted by atomic mass is 79.9. The molecule has 106 valence electrons. The fourth-order valence-electron chi connectivity index (χ4n) is 1.27. The van der Waals surface area contributed by atoms with E-state index in [0.29, 0.717) is 11.1 Å². The lowest BCUT2D eigenvalue weighted by Gasteiger charge is -2.07. The largest absolute Gasteiger partial charge is 0.463 e. The summed E-state index contributed by atoms with van der Waals surface area (Å²) >= 11 is 8.96. The predicted octanol–water partition coefficient (Wildman–Crippen LogP) is 4.01. The molecule has 0 saturated heterocycles. The van der Waals surface area contributed by atoms with Crippen molar-refractivity contribution in [3.05, 3.63) is 33.8 Å². The van der Waals surface area contributed by atoms with E-state index in [-0.39, 0.29) is 23.1 Å². The van der Waals surface area contributed by atoms with Gasteiger partial charge in [-0.15, -0.1) is 4.98 Å². The molecule has 8 heteroatoms. The molecule has 2 aromatic rings. The molecule has 0 saturated carbocycles. The number of halogens is 3. The van der Waals surface area contributed by atoms with E-state index in [2.05, 4.69) is 30.9 Å². The minimum absolute atomic E-state index is 0.0249. The minimum atomic E-state index is -0.541. The van der Waals surface area contributed by atoms with Crippen LogP contribution in [-0.4, -0.2) is 21.6 Å². The van der Waals surface area contributed by atoms with Gasteiger partial charge in [-0.1, -0.05) is 22.9 Å². The lowest BCUT2D eigenvalue weighted by atomic mass is 10.3. The molecule has 0 unspecified atom stereocenters. The lowest BCUT2D eigenvalue weighted by molar-refractivity contribution is 0.284. The zero-order chi connectivity index (χ0) is 14.5. The molecule has 0 N–H and O–H groups in total. The van der Waals surface area contributed by atoms with Crippen molar-refractivity contribution in [2.24, 2.45) is 0 Å². The first-order valence-corrected chi connectivity index (χ1v) is 6.93. The smallest absolute Gasteiger partial charge is 0.329 e. The molecule has 2 rings (SSSR count). The van der Waals surface area contributed by atoms with E-state index in [1.807, 2.05) is 6.92 Å². The molecule has 0 aliphatic carbocycles. The van der Waals surface area contributed by atoms with Crippen molar-refractivity contribution in [2.75, 3.05) is 6.61 Å². The van der Waals surface area contributed by atoms with Crippen LogP contribution in [-0.2, 0) is 0 Å². The van der Waals surface area contributed by atoms with E-state index in [1.165, 1.54) is 12.1 Å². The average Bonchev–Trinajstić information content (AvgIpc) is 2.40. The fourth-order valence-corrected chi connectivity index (χ4v) is 1.76. The van der Waals surface area contributed by atoms with Crippen LogP contribution in [0, 0.1) is 5.82 Å². The third kappa shape index (κ3) is 4.01. The second kappa shape index (κ2) is 6.81. The van der Waals surface area contributed by atoms with E-state index in [0.717, 1.165) is 6.42 Å². The molecular formula is C12H10BrClFN3O2. The monoisotopic (exact) mass is 361 g/mol. The normalized spacial score (nSPS) is 10.4. The third-order valence-electron chi connectivity index (χ3n) is 2.10. The second-order valence-electron chi connectivity index (χ2n) is 3.69. The Kier molecular flexibility index (Phi) is 5.08.